The molecule has 0 aliphatic carbocycles. The fourth-order valence-corrected chi connectivity index (χ4v) is 3.72. The van der Waals surface area contributed by atoms with Crippen molar-refractivity contribution in [3.8, 4) is 0 Å². The quantitative estimate of drug-likeness (QED) is 0.689. The first kappa shape index (κ1) is 16.9. The van der Waals surface area contributed by atoms with E-state index in [1.165, 1.54) is 11.6 Å². The molecule has 3 rings (SSSR count). The van der Waals surface area contributed by atoms with E-state index < -0.39 is 11.2 Å². The Morgan fingerprint density at radius 1 is 1.29 bits per heavy atom. The molecule has 130 valence electrons. The third kappa shape index (κ3) is 2.70. The van der Waals surface area contributed by atoms with Gasteiger partial charge in [-0.15, -0.1) is 0 Å². The summed E-state index contributed by atoms with van der Waals surface area (Å²) in [6.07, 6.45) is 2.13. The Morgan fingerprint density at radius 3 is 2.67 bits per heavy atom. The number of hydrogen-bond donors (Lipinski definition) is 0. The van der Waals surface area contributed by atoms with Crippen molar-refractivity contribution in [3.63, 3.8) is 0 Å². The van der Waals surface area contributed by atoms with Crippen LogP contribution in [0.4, 0.5) is 0 Å². The normalized spacial score (nSPS) is 18.3. The predicted molar refractivity (Wildman–Crippen MR) is 92.9 cm³/mol. The van der Waals surface area contributed by atoms with Crippen molar-refractivity contribution < 1.29 is 4.79 Å². The van der Waals surface area contributed by atoms with Gasteiger partial charge in [0.15, 0.2) is 15.9 Å². The molecule has 1 aliphatic rings. The van der Waals surface area contributed by atoms with Gasteiger partial charge in [0.2, 0.25) is 5.91 Å². The van der Waals surface area contributed by atoms with Crippen LogP contribution in [0.25, 0.3) is 11.2 Å². The maximum absolute atomic E-state index is 12.6. The zero-order valence-electron chi connectivity index (χ0n) is 14.0. The maximum atomic E-state index is 12.6. The van der Waals surface area contributed by atoms with Gasteiger partial charge in [-0.25, -0.2) is 9.78 Å². The summed E-state index contributed by atoms with van der Waals surface area (Å²) < 4.78 is 4.31. The molecule has 0 bridgehead atoms. The molecule has 1 fully saturated rings. The topological polar surface area (TPSA) is 82.1 Å². The molecule has 0 spiro atoms. The van der Waals surface area contributed by atoms with Gasteiger partial charge in [-0.2, -0.15) is 0 Å². The van der Waals surface area contributed by atoms with Gasteiger partial charge in [-0.3, -0.25) is 23.3 Å². The molecule has 0 aromatic carbocycles. The molecule has 1 amide bonds. The summed E-state index contributed by atoms with van der Waals surface area (Å²) in [5.74, 6) is 0.456. The monoisotopic (exact) mass is 397 g/mol. The third-order valence-corrected chi connectivity index (χ3v) is 5.20. The van der Waals surface area contributed by atoms with Crippen LogP contribution < -0.4 is 11.2 Å². The van der Waals surface area contributed by atoms with Gasteiger partial charge >= 0.3 is 5.69 Å². The number of nitrogens with zero attached hydrogens (tertiary/aromatic N) is 5. The third-order valence-electron chi connectivity index (χ3n) is 4.60. The summed E-state index contributed by atoms with van der Waals surface area (Å²) in [5, 5.41) is 0. The molecule has 24 heavy (non-hydrogen) atoms. The van der Waals surface area contributed by atoms with Gasteiger partial charge in [0.05, 0.1) is 0 Å². The van der Waals surface area contributed by atoms with E-state index in [9.17, 15) is 14.4 Å². The minimum atomic E-state index is -0.466. The van der Waals surface area contributed by atoms with Crippen molar-refractivity contribution in [2.75, 3.05) is 13.1 Å². The van der Waals surface area contributed by atoms with Crippen molar-refractivity contribution in [3.05, 3.63) is 25.6 Å². The second-order valence-corrected chi connectivity index (χ2v) is 7.14. The average Bonchev–Trinajstić information content (AvgIpc) is 2.88. The number of aryl methyl sites for hydroxylation is 1. The zero-order chi connectivity index (χ0) is 17.6. The van der Waals surface area contributed by atoms with Crippen LogP contribution in [0, 0.1) is 5.92 Å². The second kappa shape index (κ2) is 6.19. The lowest BCUT2D eigenvalue weighted by atomic mass is 10.0. The minimum Gasteiger partial charge on any atom is -0.341 e. The Labute approximate surface area is 146 Å². The van der Waals surface area contributed by atoms with Crippen LogP contribution in [0.2, 0.25) is 0 Å². The molecule has 0 saturated carbocycles. The summed E-state index contributed by atoms with van der Waals surface area (Å²) in [6.45, 7) is 3.66. The molecule has 8 nitrogen and oxygen atoms in total. The van der Waals surface area contributed by atoms with Gasteiger partial charge in [0, 0.05) is 27.2 Å². The summed E-state index contributed by atoms with van der Waals surface area (Å²) in [4.78, 5) is 43.1. The molecular weight excluding hydrogens is 378 g/mol. The zero-order valence-corrected chi connectivity index (χ0v) is 15.5. The number of aromatic nitrogens is 4. The smallest absolute Gasteiger partial charge is 0.332 e. The first-order chi connectivity index (χ1) is 11.3. The van der Waals surface area contributed by atoms with E-state index in [0.29, 0.717) is 16.3 Å². The van der Waals surface area contributed by atoms with Crippen LogP contribution >= 0.6 is 15.9 Å². The fourth-order valence-electron chi connectivity index (χ4n) is 3.25. The van der Waals surface area contributed by atoms with Crippen LogP contribution in [-0.4, -0.2) is 42.6 Å². The first-order valence-corrected chi connectivity index (χ1v) is 8.70. The number of piperidine rings is 1. The number of imidazole rings is 1. The molecule has 1 atom stereocenters. The van der Waals surface area contributed by atoms with Crippen LogP contribution in [0.15, 0.2) is 14.3 Å². The number of hydrogen-bond acceptors (Lipinski definition) is 4. The minimum absolute atomic E-state index is 0.0327. The lowest BCUT2D eigenvalue weighted by Crippen LogP contribution is -2.41. The molecule has 1 aliphatic heterocycles. The Balaban J connectivity index is 2.04. The molecular formula is C15H20BrN5O3. The van der Waals surface area contributed by atoms with Gasteiger partial charge in [0.1, 0.15) is 6.54 Å². The Kier molecular flexibility index (Phi) is 4.37. The van der Waals surface area contributed by atoms with Crippen LogP contribution in [-0.2, 0) is 25.4 Å². The maximum Gasteiger partial charge on any atom is 0.332 e. The van der Waals surface area contributed by atoms with Crippen LogP contribution in [0.5, 0.6) is 0 Å². The molecule has 2 aromatic heterocycles. The van der Waals surface area contributed by atoms with E-state index in [1.807, 2.05) is 4.90 Å². The number of halogens is 1. The average molecular weight is 398 g/mol. The van der Waals surface area contributed by atoms with E-state index in [-0.39, 0.29) is 18.0 Å². The Bertz CT molecular complexity index is 926. The molecule has 1 saturated heterocycles. The van der Waals surface area contributed by atoms with E-state index >= 15 is 0 Å². The van der Waals surface area contributed by atoms with Gasteiger partial charge in [-0.05, 0) is 34.7 Å². The molecule has 9 heteroatoms. The van der Waals surface area contributed by atoms with Crippen molar-refractivity contribution in [2.24, 2.45) is 20.0 Å². The molecule has 0 radical (unpaired) electrons. The number of likely N-dealkylation sites (tertiary alicyclic amines) is 1. The summed E-state index contributed by atoms with van der Waals surface area (Å²) in [6, 6.07) is 0. The highest BCUT2D eigenvalue weighted by Gasteiger charge is 2.24. The van der Waals surface area contributed by atoms with Crippen molar-refractivity contribution in [1.82, 2.24) is 23.6 Å². The molecule has 0 N–H and O–H groups in total. The highest BCUT2D eigenvalue weighted by atomic mass is 79.9. The van der Waals surface area contributed by atoms with Gasteiger partial charge < -0.3 is 4.90 Å². The number of rotatable bonds is 2. The molecule has 2 aromatic rings. The lowest BCUT2D eigenvalue weighted by Gasteiger charge is -2.31. The van der Waals surface area contributed by atoms with Crippen LogP contribution in [0.1, 0.15) is 19.8 Å². The Hall–Kier alpha value is -1.90. The summed E-state index contributed by atoms with van der Waals surface area (Å²) >= 11 is 3.31. The number of fused-ring (bicyclic) bond motifs is 1. The highest BCUT2D eigenvalue weighted by Crippen LogP contribution is 2.19. The molecule has 3 heterocycles. The van der Waals surface area contributed by atoms with Crippen molar-refractivity contribution in [1.29, 1.82) is 0 Å². The molecule has 1 unspecified atom stereocenters. The van der Waals surface area contributed by atoms with E-state index in [2.05, 4.69) is 27.8 Å². The second-order valence-electron chi connectivity index (χ2n) is 6.43. The fraction of sp³-hybridized carbons (Fsp3) is 0.600. The standard InChI is InChI=1S/C15H20BrN5O3/c1-9-5-4-6-20(7-9)10(22)8-21-12-11(17-14(21)16)13(23)19(3)15(24)18(12)2/h9H,4-8H2,1-3H3. The number of amides is 1. The van der Waals surface area contributed by atoms with Gasteiger partial charge in [0.25, 0.3) is 5.56 Å². The van der Waals surface area contributed by atoms with Crippen LogP contribution in [0.3, 0.4) is 0 Å². The Morgan fingerprint density at radius 2 is 2.00 bits per heavy atom. The highest BCUT2D eigenvalue weighted by molar-refractivity contribution is 9.10. The lowest BCUT2D eigenvalue weighted by molar-refractivity contribution is -0.133. The largest absolute Gasteiger partial charge is 0.341 e. The van der Waals surface area contributed by atoms with Crippen molar-refractivity contribution in [2.45, 2.75) is 26.3 Å². The van der Waals surface area contributed by atoms with Gasteiger partial charge in [-0.1, -0.05) is 6.92 Å². The van der Waals surface area contributed by atoms with Crippen molar-refractivity contribution >= 4 is 33.0 Å². The van der Waals surface area contributed by atoms with E-state index in [4.69, 9.17) is 0 Å². The number of carbonyl (C=O) groups is 1. The van der Waals surface area contributed by atoms with E-state index in [0.717, 1.165) is 30.5 Å². The summed E-state index contributed by atoms with van der Waals surface area (Å²) in [5.41, 5.74) is -0.383. The SMILES string of the molecule is CC1CCCN(C(=O)Cn2c(Br)nc3c(=O)n(C)c(=O)n(C)c32)C1. The first-order valence-electron chi connectivity index (χ1n) is 7.90. The summed E-state index contributed by atoms with van der Waals surface area (Å²) in [7, 11) is 2.99. The van der Waals surface area contributed by atoms with E-state index in [1.54, 1.807) is 11.6 Å². The predicted octanol–water partition coefficient (Wildman–Crippen LogP) is 0.455. The number of carbonyl (C=O) groups excluding carboxylic acids is 1.